The SMILES string of the molecule is CC(=O)N[C@H]1CC2C[C@H]2C1C[N-]Cc1coc2cc(Oc3nc4ncccc4s3)ccc12. The van der Waals surface area contributed by atoms with Gasteiger partial charge in [-0.15, -0.1) is 13.1 Å². The molecule has 32 heavy (non-hydrogen) atoms. The quantitative estimate of drug-likeness (QED) is 0.417. The van der Waals surface area contributed by atoms with Crippen molar-refractivity contribution in [1.29, 1.82) is 0 Å². The van der Waals surface area contributed by atoms with Gasteiger partial charge in [-0.2, -0.15) is 4.98 Å². The molecule has 0 saturated heterocycles. The lowest BCUT2D eigenvalue weighted by atomic mass is 9.98. The average molecular weight is 448 g/mol. The maximum atomic E-state index is 11.5. The van der Waals surface area contributed by atoms with E-state index in [-0.39, 0.29) is 11.9 Å². The van der Waals surface area contributed by atoms with Gasteiger partial charge in [0.25, 0.3) is 5.19 Å². The molecule has 1 aromatic carbocycles. The zero-order chi connectivity index (χ0) is 21.7. The van der Waals surface area contributed by atoms with Gasteiger partial charge in [-0.1, -0.05) is 11.3 Å². The zero-order valence-electron chi connectivity index (χ0n) is 17.7. The molecule has 164 valence electrons. The lowest BCUT2D eigenvalue weighted by Gasteiger charge is -2.30. The molecule has 2 fully saturated rings. The summed E-state index contributed by atoms with van der Waals surface area (Å²) in [6.45, 7) is 2.99. The highest BCUT2D eigenvalue weighted by atomic mass is 32.1. The third kappa shape index (κ3) is 3.73. The van der Waals surface area contributed by atoms with Gasteiger partial charge in [0.15, 0.2) is 5.65 Å². The Kier molecular flexibility index (Phi) is 4.84. The van der Waals surface area contributed by atoms with Gasteiger partial charge in [-0.25, -0.2) is 4.98 Å². The highest BCUT2D eigenvalue weighted by Crippen LogP contribution is 2.55. The monoisotopic (exact) mass is 447 g/mol. The number of aromatic nitrogens is 2. The summed E-state index contributed by atoms with van der Waals surface area (Å²) in [5, 5.41) is 9.56. The number of rotatable bonds is 7. The Morgan fingerprint density at radius 2 is 2.28 bits per heavy atom. The zero-order valence-corrected chi connectivity index (χ0v) is 18.5. The summed E-state index contributed by atoms with van der Waals surface area (Å²) in [6.07, 6.45) is 5.90. The van der Waals surface area contributed by atoms with Gasteiger partial charge in [0.2, 0.25) is 5.91 Å². The number of carbonyl (C=O) groups excluding carboxylic acids is 1. The Morgan fingerprint density at radius 1 is 1.34 bits per heavy atom. The van der Waals surface area contributed by atoms with E-state index in [9.17, 15) is 4.79 Å². The Balaban J connectivity index is 1.11. The first kappa shape index (κ1) is 19.7. The minimum Gasteiger partial charge on any atom is -0.658 e. The first-order chi connectivity index (χ1) is 15.6. The van der Waals surface area contributed by atoms with E-state index in [2.05, 4.69) is 15.3 Å². The number of benzene rings is 1. The van der Waals surface area contributed by atoms with Gasteiger partial charge >= 0.3 is 0 Å². The molecule has 8 heteroatoms. The van der Waals surface area contributed by atoms with E-state index in [1.54, 1.807) is 19.4 Å². The number of nitrogens with zero attached hydrogens (tertiary/aromatic N) is 3. The lowest BCUT2D eigenvalue weighted by molar-refractivity contribution is -0.119. The van der Waals surface area contributed by atoms with Gasteiger partial charge < -0.3 is 19.8 Å². The molecule has 0 spiro atoms. The normalized spacial score (nSPS) is 24.0. The molecule has 1 amide bonds. The minimum atomic E-state index is 0.0577. The predicted molar refractivity (Wildman–Crippen MR) is 123 cm³/mol. The number of ether oxygens (including phenoxy) is 1. The topological polar surface area (TPSA) is 91.4 Å². The van der Waals surface area contributed by atoms with E-state index in [1.165, 1.54) is 17.8 Å². The number of fused-ring (bicyclic) bond motifs is 3. The van der Waals surface area contributed by atoms with E-state index < -0.39 is 0 Å². The molecular weight excluding hydrogens is 424 g/mol. The smallest absolute Gasteiger partial charge is 0.281 e. The van der Waals surface area contributed by atoms with E-state index >= 15 is 0 Å². The number of carbonyl (C=O) groups is 1. The van der Waals surface area contributed by atoms with E-state index in [1.807, 2.05) is 30.3 Å². The van der Waals surface area contributed by atoms with Crippen molar-refractivity contribution in [1.82, 2.24) is 15.3 Å². The Morgan fingerprint density at radius 3 is 3.16 bits per heavy atom. The number of thiazole rings is 1. The van der Waals surface area contributed by atoms with Crippen molar-refractivity contribution in [3.05, 3.63) is 53.7 Å². The molecule has 3 aromatic heterocycles. The first-order valence-corrected chi connectivity index (χ1v) is 11.8. The number of nitrogens with one attached hydrogen (secondary N) is 1. The molecular formula is C24H23N4O3S-. The Hall–Kier alpha value is -2.97. The summed E-state index contributed by atoms with van der Waals surface area (Å²) >= 11 is 1.47. The van der Waals surface area contributed by atoms with Crippen LogP contribution >= 0.6 is 11.3 Å². The molecule has 4 atom stereocenters. The van der Waals surface area contributed by atoms with Crippen molar-refractivity contribution in [3.8, 4) is 10.9 Å². The van der Waals surface area contributed by atoms with Crippen LogP contribution in [0, 0.1) is 17.8 Å². The van der Waals surface area contributed by atoms with Gasteiger partial charge in [0.1, 0.15) is 11.3 Å². The van der Waals surface area contributed by atoms with E-state index in [0.717, 1.165) is 46.0 Å². The van der Waals surface area contributed by atoms with E-state index in [4.69, 9.17) is 14.5 Å². The average Bonchev–Trinajstić information content (AvgIpc) is 3.09. The maximum Gasteiger partial charge on any atom is 0.281 e. The minimum absolute atomic E-state index is 0.0577. The van der Waals surface area contributed by atoms with Crippen LogP contribution in [0.1, 0.15) is 25.3 Å². The van der Waals surface area contributed by atoms with E-state index in [0.29, 0.717) is 29.1 Å². The summed E-state index contributed by atoms with van der Waals surface area (Å²) in [5.74, 6) is 2.71. The molecule has 4 aromatic rings. The molecule has 7 nitrogen and oxygen atoms in total. The highest BCUT2D eigenvalue weighted by molar-refractivity contribution is 7.20. The second-order valence-electron chi connectivity index (χ2n) is 8.76. The number of hydrogen-bond acceptors (Lipinski definition) is 6. The fraction of sp³-hybridized carbons (Fsp3) is 0.375. The van der Waals surface area contributed by atoms with Gasteiger partial charge in [-0.05, 0) is 60.4 Å². The van der Waals surface area contributed by atoms with Crippen LogP contribution in [0.25, 0.3) is 26.6 Å². The molecule has 3 heterocycles. The molecule has 2 unspecified atom stereocenters. The summed E-state index contributed by atoms with van der Waals surface area (Å²) in [5.41, 5.74) is 2.53. The van der Waals surface area contributed by atoms with Crippen molar-refractivity contribution in [2.45, 2.75) is 32.4 Å². The standard InChI is InChI=1S/C24H23N4O3S/c1-13(29)27-20-8-14-7-18(14)19(20)11-25-10-15-12-30-21-9-16(4-5-17(15)21)31-24-28-23-22(32-24)3-2-6-26-23/h2-6,9,12,14,18-20H,7-8,10-11H2,1H3,(H,27,29)/q-1/t14?,18-,19?,20+/m1/s1. The van der Waals surface area contributed by atoms with Crippen molar-refractivity contribution < 1.29 is 13.9 Å². The van der Waals surface area contributed by atoms with Crippen molar-refractivity contribution in [3.63, 3.8) is 0 Å². The molecule has 1 N–H and O–H groups in total. The third-order valence-corrected chi connectivity index (χ3v) is 7.48. The van der Waals surface area contributed by atoms with Crippen LogP contribution in [-0.4, -0.2) is 28.5 Å². The van der Waals surface area contributed by atoms with Crippen LogP contribution in [0.15, 0.2) is 47.2 Å². The first-order valence-electron chi connectivity index (χ1n) is 10.9. The molecule has 0 aliphatic heterocycles. The number of amides is 1. The van der Waals surface area contributed by atoms with Crippen molar-refractivity contribution in [2.75, 3.05) is 6.54 Å². The van der Waals surface area contributed by atoms with Crippen molar-refractivity contribution >= 4 is 38.6 Å². The fourth-order valence-corrected chi connectivity index (χ4v) is 5.83. The number of pyridine rings is 1. The van der Waals surface area contributed by atoms with Gasteiger partial charge in [0, 0.05) is 30.6 Å². The summed E-state index contributed by atoms with van der Waals surface area (Å²) in [6, 6.07) is 9.97. The van der Waals surface area contributed by atoms with Crippen LogP contribution in [0.3, 0.4) is 0 Å². The van der Waals surface area contributed by atoms with Gasteiger partial charge in [0.05, 0.1) is 11.0 Å². The summed E-state index contributed by atoms with van der Waals surface area (Å²) < 4.78 is 12.7. The van der Waals surface area contributed by atoms with Gasteiger partial charge in [-0.3, -0.25) is 4.79 Å². The largest absolute Gasteiger partial charge is 0.658 e. The fourth-order valence-electron chi connectivity index (χ4n) is 5.03. The molecule has 0 bridgehead atoms. The Bertz CT molecular complexity index is 1270. The van der Waals surface area contributed by atoms with Crippen LogP contribution in [-0.2, 0) is 11.3 Å². The van der Waals surface area contributed by atoms with Crippen LogP contribution in [0.4, 0.5) is 0 Å². The molecule has 0 radical (unpaired) electrons. The molecule has 2 aliphatic rings. The summed E-state index contributed by atoms with van der Waals surface area (Å²) in [4.78, 5) is 20.2. The van der Waals surface area contributed by atoms with Crippen LogP contribution in [0.5, 0.6) is 10.9 Å². The summed E-state index contributed by atoms with van der Waals surface area (Å²) in [7, 11) is 0. The molecule has 2 aliphatic carbocycles. The highest BCUT2D eigenvalue weighted by Gasteiger charge is 2.51. The van der Waals surface area contributed by atoms with Crippen LogP contribution in [0.2, 0.25) is 0 Å². The third-order valence-electron chi connectivity index (χ3n) is 6.59. The molecule has 6 rings (SSSR count). The Labute approximate surface area is 189 Å². The maximum absolute atomic E-state index is 11.5. The predicted octanol–water partition coefficient (Wildman–Crippen LogP) is 5.26. The lowest BCUT2D eigenvalue weighted by Crippen LogP contribution is -2.38. The van der Waals surface area contributed by atoms with Crippen molar-refractivity contribution in [2.24, 2.45) is 17.8 Å². The number of furan rings is 1. The molecule has 2 saturated carbocycles. The van der Waals surface area contributed by atoms with Crippen LogP contribution < -0.4 is 10.1 Å². The second-order valence-corrected chi connectivity index (χ2v) is 9.75. The second kappa shape index (κ2) is 7.86. The number of hydrogen-bond donors (Lipinski definition) is 1.